The van der Waals surface area contributed by atoms with E-state index >= 15 is 0 Å². The maximum absolute atomic E-state index is 12.5. The minimum atomic E-state index is 0.142. The third-order valence-corrected chi connectivity index (χ3v) is 5.66. The van der Waals surface area contributed by atoms with Gasteiger partial charge in [0, 0.05) is 18.5 Å². The number of carbonyl (C=O) groups is 1. The predicted molar refractivity (Wildman–Crippen MR) is 102 cm³/mol. The number of nitrogens with zero attached hydrogens (tertiary/aromatic N) is 3. The Kier molecular flexibility index (Phi) is 5.29. The summed E-state index contributed by atoms with van der Waals surface area (Å²) in [6.07, 6.45) is 2.27. The second kappa shape index (κ2) is 7.45. The van der Waals surface area contributed by atoms with Gasteiger partial charge in [0.2, 0.25) is 5.91 Å². The van der Waals surface area contributed by atoms with Crippen LogP contribution in [0.2, 0.25) is 0 Å². The van der Waals surface area contributed by atoms with Crippen LogP contribution in [0.3, 0.4) is 0 Å². The molecule has 1 aliphatic heterocycles. The van der Waals surface area contributed by atoms with Gasteiger partial charge in [0.1, 0.15) is 11.1 Å². The molecule has 2 heterocycles. The summed E-state index contributed by atoms with van der Waals surface area (Å²) in [7, 11) is 0. The number of hydrogen-bond donors (Lipinski definition) is 0. The number of nitriles is 1. The molecule has 1 fully saturated rings. The molecule has 3 rings (SSSR count). The van der Waals surface area contributed by atoms with Crippen LogP contribution in [0.25, 0.3) is 10.9 Å². The van der Waals surface area contributed by atoms with Crippen molar-refractivity contribution in [1.29, 1.82) is 5.26 Å². The highest BCUT2D eigenvalue weighted by molar-refractivity contribution is 8.00. The molecule has 0 bridgehead atoms. The number of thioether (sulfide) groups is 1. The van der Waals surface area contributed by atoms with Crippen LogP contribution in [0.1, 0.15) is 36.5 Å². The Balaban J connectivity index is 1.81. The largest absolute Gasteiger partial charge is 0.342 e. The van der Waals surface area contributed by atoms with Crippen molar-refractivity contribution >= 4 is 28.6 Å². The number of carbonyl (C=O) groups excluding carboxylic acids is 1. The molecule has 25 heavy (non-hydrogen) atoms. The molecule has 1 aliphatic rings. The molecule has 0 aliphatic carbocycles. The van der Waals surface area contributed by atoms with E-state index in [1.807, 2.05) is 30.9 Å². The molecule has 1 atom stereocenters. The van der Waals surface area contributed by atoms with Gasteiger partial charge in [0.05, 0.1) is 16.8 Å². The van der Waals surface area contributed by atoms with Gasteiger partial charge in [-0.2, -0.15) is 5.26 Å². The fourth-order valence-corrected chi connectivity index (χ4v) is 4.32. The summed E-state index contributed by atoms with van der Waals surface area (Å²) in [5, 5.41) is 11.1. The lowest BCUT2D eigenvalue weighted by molar-refractivity contribution is -0.130. The van der Waals surface area contributed by atoms with Gasteiger partial charge in [0.15, 0.2) is 0 Å². The zero-order chi connectivity index (χ0) is 18.0. The average Bonchev–Trinajstić information content (AvgIpc) is 2.59. The molecule has 1 aromatic heterocycles. The Morgan fingerprint density at radius 1 is 1.40 bits per heavy atom. The van der Waals surface area contributed by atoms with E-state index in [0.29, 0.717) is 22.3 Å². The van der Waals surface area contributed by atoms with Crippen LogP contribution in [0.5, 0.6) is 0 Å². The van der Waals surface area contributed by atoms with Gasteiger partial charge in [-0.25, -0.2) is 4.98 Å². The number of hydrogen-bond acceptors (Lipinski definition) is 4. The van der Waals surface area contributed by atoms with Crippen LogP contribution in [0, 0.1) is 31.1 Å². The molecule has 2 aromatic rings. The second-order valence-corrected chi connectivity index (χ2v) is 7.95. The van der Waals surface area contributed by atoms with Gasteiger partial charge in [-0.05, 0) is 50.3 Å². The fourth-order valence-electron chi connectivity index (χ4n) is 3.46. The smallest absolute Gasteiger partial charge is 0.232 e. The average molecular weight is 353 g/mol. The molecule has 5 heteroatoms. The maximum atomic E-state index is 12.5. The van der Waals surface area contributed by atoms with E-state index < -0.39 is 0 Å². The standard InChI is InChI=1S/C20H23N3OS/c1-13-5-4-6-23(11-13)18(24)12-25-20-17(10-21)9-16-8-14(2)7-15(3)19(16)22-20/h7-9,13H,4-6,11-12H2,1-3H3/t13-/m1/s1. The fraction of sp³-hybridized carbons (Fsp3) is 0.450. The van der Waals surface area contributed by atoms with Crippen molar-refractivity contribution in [3.05, 3.63) is 34.9 Å². The summed E-state index contributed by atoms with van der Waals surface area (Å²) < 4.78 is 0. The van der Waals surface area contributed by atoms with Crippen LogP contribution in [-0.4, -0.2) is 34.6 Å². The summed E-state index contributed by atoms with van der Waals surface area (Å²) in [4.78, 5) is 19.1. The number of benzene rings is 1. The van der Waals surface area contributed by atoms with E-state index in [0.717, 1.165) is 41.5 Å². The van der Waals surface area contributed by atoms with E-state index in [4.69, 9.17) is 0 Å². The summed E-state index contributed by atoms with van der Waals surface area (Å²) >= 11 is 1.38. The Morgan fingerprint density at radius 3 is 2.92 bits per heavy atom. The van der Waals surface area contributed by atoms with E-state index in [-0.39, 0.29) is 5.91 Å². The third kappa shape index (κ3) is 3.96. The molecule has 0 unspecified atom stereocenters. The molecule has 1 aromatic carbocycles. The van der Waals surface area contributed by atoms with Crippen LogP contribution in [0.15, 0.2) is 23.2 Å². The first-order chi connectivity index (χ1) is 12.0. The molecule has 0 radical (unpaired) electrons. The zero-order valence-corrected chi connectivity index (χ0v) is 15.8. The van der Waals surface area contributed by atoms with Crippen LogP contribution in [-0.2, 0) is 4.79 Å². The monoisotopic (exact) mass is 353 g/mol. The Labute approximate surface area is 153 Å². The highest BCUT2D eigenvalue weighted by Crippen LogP contribution is 2.28. The van der Waals surface area contributed by atoms with E-state index in [1.165, 1.54) is 18.2 Å². The van der Waals surface area contributed by atoms with Crippen molar-refractivity contribution in [1.82, 2.24) is 9.88 Å². The van der Waals surface area contributed by atoms with Crippen LogP contribution in [0.4, 0.5) is 0 Å². The Bertz CT molecular complexity index is 856. The Hall–Kier alpha value is -2.06. The van der Waals surface area contributed by atoms with Crippen molar-refractivity contribution < 1.29 is 4.79 Å². The summed E-state index contributed by atoms with van der Waals surface area (Å²) in [6, 6.07) is 8.26. The van der Waals surface area contributed by atoms with Gasteiger partial charge in [-0.3, -0.25) is 4.79 Å². The Morgan fingerprint density at radius 2 is 2.20 bits per heavy atom. The number of aryl methyl sites for hydroxylation is 2. The normalized spacial score (nSPS) is 17.5. The second-order valence-electron chi connectivity index (χ2n) is 6.98. The highest BCUT2D eigenvalue weighted by Gasteiger charge is 2.21. The molecule has 0 N–H and O–H groups in total. The number of fused-ring (bicyclic) bond motifs is 1. The number of piperidine rings is 1. The minimum absolute atomic E-state index is 0.142. The lowest BCUT2D eigenvalue weighted by atomic mass is 10.0. The minimum Gasteiger partial charge on any atom is -0.342 e. The summed E-state index contributed by atoms with van der Waals surface area (Å²) in [6.45, 7) is 7.95. The van der Waals surface area contributed by atoms with Crippen LogP contribution >= 0.6 is 11.8 Å². The van der Waals surface area contributed by atoms with Gasteiger partial charge in [-0.1, -0.05) is 30.3 Å². The SMILES string of the molecule is Cc1cc(C)c2nc(SCC(=O)N3CCC[C@@H](C)C3)c(C#N)cc2c1. The molecule has 130 valence electrons. The topological polar surface area (TPSA) is 57.0 Å². The number of rotatable bonds is 3. The van der Waals surface area contributed by atoms with Crippen LogP contribution < -0.4 is 0 Å². The molecular weight excluding hydrogens is 330 g/mol. The van der Waals surface area contributed by atoms with Crippen molar-refractivity contribution in [2.45, 2.75) is 38.6 Å². The highest BCUT2D eigenvalue weighted by atomic mass is 32.2. The van der Waals surface area contributed by atoms with Gasteiger partial charge < -0.3 is 4.90 Å². The van der Waals surface area contributed by atoms with Crippen molar-refractivity contribution in [2.75, 3.05) is 18.8 Å². The first-order valence-corrected chi connectivity index (χ1v) is 9.69. The van der Waals surface area contributed by atoms with Gasteiger partial charge >= 0.3 is 0 Å². The zero-order valence-electron chi connectivity index (χ0n) is 15.0. The molecule has 0 saturated carbocycles. The number of pyridine rings is 1. The predicted octanol–water partition coefficient (Wildman–Crippen LogP) is 4.07. The molecular formula is C20H23N3OS. The third-order valence-electron chi connectivity index (χ3n) is 4.68. The lowest BCUT2D eigenvalue weighted by Crippen LogP contribution is -2.40. The van der Waals surface area contributed by atoms with Gasteiger partial charge in [0.25, 0.3) is 0 Å². The van der Waals surface area contributed by atoms with E-state index in [9.17, 15) is 10.1 Å². The molecule has 0 spiro atoms. The van der Waals surface area contributed by atoms with E-state index in [2.05, 4.69) is 24.0 Å². The number of likely N-dealkylation sites (tertiary alicyclic amines) is 1. The number of amides is 1. The maximum Gasteiger partial charge on any atom is 0.232 e. The van der Waals surface area contributed by atoms with Gasteiger partial charge in [-0.15, -0.1) is 0 Å². The van der Waals surface area contributed by atoms with E-state index in [1.54, 1.807) is 0 Å². The van der Waals surface area contributed by atoms with Crippen molar-refractivity contribution in [2.24, 2.45) is 5.92 Å². The van der Waals surface area contributed by atoms with Crippen molar-refractivity contribution in [3.63, 3.8) is 0 Å². The summed E-state index contributed by atoms with van der Waals surface area (Å²) in [5.41, 5.74) is 3.71. The summed E-state index contributed by atoms with van der Waals surface area (Å²) in [5.74, 6) is 1.05. The molecule has 1 saturated heterocycles. The quantitative estimate of drug-likeness (QED) is 0.781. The lowest BCUT2D eigenvalue weighted by Gasteiger charge is -2.30. The number of aromatic nitrogens is 1. The molecule has 4 nitrogen and oxygen atoms in total. The first-order valence-electron chi connectivity index (χ1n) is 8.70. The molecule has 1 amide bonds. The van der Waals surface area contributed by atoms with Crippen molar-refractivity contribution in [3.8, 4) is 6.07 Å². The first kappa shape index (κ1) is 17.8.